The Bertz CT molecular complexity index is 838. The first-order valence-electron chi connectivity index (χ1n) is 6.39. The number of carbonyl (C=O) groups is 1. The van der Waals surface area contributed by atoms with E-state index in [0.29, 0.717) is 5.69 Å². The highest BCUT2D eigenvalue weighted by atomic mass is 19.2. The lowest BCUT2D eigenvalue weighted by molar-refractivity contribution is 0.0991. The number of amides is 1. The molecule has 0 aliphatic heterocycles. The maximum atomic E-state index is 13.1. The molecule has 0 unspecified atom stereocenters. The van der Waals surface area contributed by atoms with E-state index in [4.69, 9.17) is 4.42 Å². The Balaban J connectivity index is 1.70. The number of carbonyl (C=O) groups excluding carboxylic acids is 1. The fourth-order valence-electron chi connectivity index (χ4n) is 1.68. The third-order valence-corrected chi connectivity index (χ3v) is 2.71. The summed E-state index contributed by atoms with van der Waals surface area (Å²) in [5, 5.41) is 12.3. The van der Waals surface area contributed by atoms with E-state index in [1.165, 1.54) is 12.3 Å². The van der Waals surface area contributed by atoms with Gasteiger partial charge in [-0.25, -0.2) is 8.78 Å². The van der Waals surface area contributed by atoms with Crippen LogP contribution in [0.5, 0.6) is 0 Å². The molecular formula is C14H9F2N5O2. The van der Waals surface area contributed by atoms with Gasteiger partial charge in [-0.2, -0.15) is 0 Å². The lowest BCUT2D eigenvalue weighted by Crippen LogP contribution is -2.12. The van der Waals surface area contributed by atoms with Crippen LogP contribution in [0.15, 0.2) is 47.1 Å². The number of halogens is 2. The highest BCUT2D eigenvalue weighted by Gasteiger charge is 2.15. The van der Waals surface area contributed by atoms with Crippen LogP contribution in [-0.2, 0) is 0 Å². The Morgan fingerprint density at radius 1 is 1.09 bits per heavy atom. The number of hydrogen-bond donors (Lipinski definition) is 2. The van der Waals surface area contributed by atoms with E-state index in [1.807, 2.05) is 0 Å². The maximum Gasteiger partial charge on any atom is 0.320 e. The largest absolute Gasteiger partial charge is 0.399 e. The molecule has 3 rings (SSSR count). The maximum absolute atomic E-state index is 13.1. The van der Waals surface area contributed by atoms with Gasteiger partial charge in [0.1, 0.15) is 0 Å². The molecule has 0 bridgehead atoms. The third-order valence-electron chi connectivity index (χ3n) is 2.71. The van der Waals surface area contributed by atoms with E-state index >= 15 is 0 Å². The number of nitrogens with zero attached hydrogens (tertiary/aromatic N) is 3. The molecule has 7 nitrogen and oxygen atoms in total. The number of rotatable bonds is 4. The summed E-state index contributed by atoms with van der Waals surface area (Å²) in [5.74, 6) is -2.91. The molecular weight excluding hydrogens is 308 g/mol. The first kappa shape index (κ1) is 14.6. The van der Waals surface area contributed by atoms with Crippen molar-refractivity contribution in [3.05, 3.63) is 60.3 Å². The van der Waals surface area contributed by atoms with Crippen LogP contribution in [0.4, 0.5) is 26.2 Å². The van der Waals surface area contributed by atoms with Gasteiger partial charge in [-0.15, -0.1) is 5.10 Å². The van der Waals surface area contributed by atoms with Crippen LogP contribution in [0.1, 0.15) is 10.7 Å². The van der Waals surface area contributed by atoms with Crippen molar-refractivity contribution in [2.24, 2.45) is 0 Å². The lowest BCUT2D eigenvalue weighted by Gasteiger charge is -2.01. The molecule has 0 radical (unpaired) electrons. The van der Waals surface area contributed by atoms with Crippen LogP contribution in [0.25, 0.3) is 0 Å². The number of nitrogens with one attached hydrogen (secondary N) is 2. The van der Waals surface area contributed by atoms with E-state index in [-0.39, 0.29) is 17.6 Å². The molecule has 1 amide bonds. The Morgan fingerprint density at radius 2 is 1.96 bits per heavy atom. The topological polar surface area (TPSA) is 92.9 Å². The second-order valence-corrected chi connectivity index (χ2v) is 4.36. The number of benzene rings is 1. The molecule has 0 saturated heterocycles. The molecule has 2 N–H and O–H groups in total. The minimum atomic E-state index is -1.02. The molecule has 9 heteroatoms. The molecule has 2 heterocycles. The van der Waals surface area contributed by atoms with Gasteiger partial charge in [0, 0.05) is 18.0 Å². The van der Waals surface area contributed by atoms with Gasteiger partial charge in [-0.3, -0.25) is 9.78 Å². The summed E-state index contributed by atoms with van der Waals surface area (Å²) in [4.78, 5) is 15.8. The summed E-state index contributed by atoms with van der Waals surface area (Å²) in [6, 6.07) is 6.32. The minimum Gasteiger partial charge on any atom is -0.399 e. The molecule has 0 fully saturated rings. The van der Waals surface area contributed by atoms with E-state index < -0.39 is 17.5 Å². The predicted octanol–water partition coefficient (Wildman–Crippen LogP) is 2.74. The van der Waals surface area contributed by atoms with Crippen LogP contribution in [0.2, 0.25) is 0 Å². The number of anilines is 3. The van der Waals surface area contributed by atoms with Crippen LogP contribution in [-0.4, -0.2) is 21.1 Å². The van der Waals surface area contributed by atoms with Crippen LogP contribution in [0.3, 0.4) is 0 Å². The molecule has 0 atom stereocenters. The van der Waals surface area contributed by atoms with Gasteiger partial charge in [0.25, 0.3) is 0 Å². The third kappa shape index (κ3) is 3.46. The van der Waals surface area contributed by atoms with Crippen molar-refractivity contribution in [2.45, 2.75) is 0 Å². The van der Waals surface area contributed by atoms with Crippen LogP contribution in [0, 0.1) is 11.6 Å². The zero-order chi connectivity index (χ0) is 16.2. The van der Waals surface area contributed by atoms with Crippen LogP contribution >= 0.6 is 0 Å². The van der Waals surface area contributed by atoms with Crippen molar-refractivity contribution in [1.82, 2.24) is 15.2 Å². The van der Waals surface area contributed by atoms with Crippen molar-refractivity contribution in [1.29, 1.82) is 0 Å². The second kappa shape index (κ2) is 6.18. The van der Waals surface area contributed by atoms with Crippen LogP contribution < -0.4 is 10.6 Å². The summed E-state index contributed by atoms with van der Waals surface area (Å²) in [7, 11) is 0. The fourth-order valence-corrected chi connectivity index (χ4v) is 1.68. The molecule has 116 valence electrons. The molecule has 0 saturated carbocycles. The van der Waals surface area contributed by atoms with Crippen molar-refractivity contribution < 1.29 is 18.0 Å². The summed E-state index contributed by atoms with van der Waals surface area (Å²) >= 11 is 0. The van der Waals surface area contributed by atoms with Gasteiger partial charge >= 0.3 is 17.8 Å². The molecule has 2 aromatic heterocycles. The van der Waals surface area contributed by atoms with E-state index in [0.717, 1.165) is 12.1 Å². The fraction of sp³-hybridized carbons (Fsp3) is 0. The Labute approximate surface area is 128 Å². The highest BCUT2D eigenvalue weighted by molar-refractivity contribution is 6.00. The quantitative estimate of drug-likeness (QED) is 0.768. The first-order valence-corrected chi connectivity index (χ1v) is 6.39. The zero-order valence-electron chi connectivity index (χ0n) is 11.5. The molecule has 0 spiro atoms. The van der Waals surface area contributed by atoms with Crippen molar-refractivity contribution in [3.63, 3.8) is 0 Å². The first-order chi connectivity index (χ1) is 11.1. The van der Waals surface area contributed by atoms with E-state index in [9.17, 15) is 13.6 Å². The van der Waals surface area contributed by atoms with Gasteiger partial charge in [-0.05, 0) is 24.3 Å². The standard InChI is InChI=1S/C14H9F2N5O2/c15-10-4-3-8(6-11(10)16)19-14-21-20-13(23-14)12(22)18-9-2-1-5-17-7-9/h1-7H,(H,18,22)(H,19,21). The smallest absolute Gasteiger partial charge is 0.320 e. The summed E-state index contributed by atoms with van der Waals surface area (Å²) in [6.07, 6.45) is 3.01. The van der Waals surface area contributed by atoms with Gasteiger partial charge in [0.2, 0.25) is 0 Å². The summed E-state index contributed by atoms with van der Waals surface area (Å²) < 4.78 is 31.1. The monoisotopic (exact) mass is 317 g/mol. The van der Waals surface area contributed by atoms with E-state index in [2.05, 4.69) is 25.8 Å². The summed E-state index contributed by atoms with van der Waals surface area (Å²) in [5.41, 5.74) is 0.664. The van der Waals surface area contributed by atoms with Gasteiger partial charge < -0.3 is 15.1 Å². The van der Waals surface area contributed by atoms with E-state index in [1.54, 1.807) is 18.3 Å². The molecule has 1 aromatic carbocycles. The lowest BCUT2D eigenvalue weighted by atomic mass is 10.3. The Kier molecular flexibility index (Phi) is 3.91. The van der Waals surface area contributed by atoms with Gasteiger partial charge in [-0.1, -0.05) is 5.10 Å². The Hall–Kier alpha value is -3.36. The zero-order valence-corrected chi connectivity index (χ0v) is 11.5. The molecule has 0 aliphatic rings. The number of hydrogen-bond acceptors (Lipinski definition) is 6. The van der Waals surface area contributed by atoms with Crippen molar-refractivity contribution >= 4 is 23.3 Å². The second-order valence-electron chi connectivity index (χ2n) is 4.36. The molecule has 3 aromatic rings. The number of aromatic nitrogens is 3. The van der Waals surface area contributed by atoms with Gasteiger partial charge in [0.05, 0.1) is 11.9 Å². The normalized spacial score (nSPS) is 10.3. The molecule has 23 heavy (non-hydrogen) atoms. The SMILES string of the molecule is O=C(Nc1cccnc1)c1nnc(Nc2ccc(F)c(F)c2)o1. The Morgan fingerprint density at radius 3 is 2.70 bits per heavy atom. The average molecular weight is 317 g/mol. The van der Waals surface area contributed by atoms with Crippen molar-refractivity contribution in [2.75, 3.05) is 10.6 Å². The average Bonchev–Trinajstić information content (AvgIpc) is 3.01. The minimum absolute atomic E-state index is 0.132. The predicted molar refractivity (Wildman–Crippen MR) is 76.1 cm³/mol. The summed E-state index contributed by atoms with van der Waals surface area (Å²) in [6.45, 7) is 0. The van der Waals surface area contributed by atoms with Crippen molar-refractivity contribution in [3.8, 4) is 0 Å². The highest BCUT2D eigenvalue weighted by Crippen LogP contribution is 2.18. The molecule has 0 aliphatic carbocycles. The van der Waals surface area contributed by atoms with Gasteiger partial charge in [0.15, 0.2) is 11.6 Å². The number of pyridine rings is 1.